The van der Waals surface area contributed by atoms with E-state index in [1.165, 1.54) is 12.1 Å². The maximum Gasteiger partial charge on any atom is 0.262 e. The molecular formula is C26H29BrN2O4S. The minimum atomic E-state index is -3.75. The number of aryl methyl sites for hydroxylation is 2. The molecule has 0 unspecified atom stereocenters. The third-order valence-corrected chi connectivity index (χ3v) is 7.38. The van der Waals surface area contributed by atoms with Gasteiger partial charge in [-0.3, -0.25) is 9.52 Å². The van der Waals surface area contributed by atoms with Gasteiger partial charge in [-0.25, -0.2) is 8.42 Å². The predicted octanol–water partition coefficient (Wildman–Crippen LogP) is 6.18. The number of hydrogen-bond donors (Lipinski definition) is 2. The lowest BCUT2D eigenvalue weighted by Gasteiger charge is -2.20. The third-order valence-electron chi connectivity index (χ3n) is 5.36. The Labute approximate surface area is 209 Å². The van der Waals surface area contributed by atoms with Crippen LogP contribution in [0.5, 0.6) is 5.75 Å². The molecule has 0 aliphatic carbocycles. The number of carbonyl (C=O) groups is 1. The Morgan fingerprint density at radius 1 is 0.912 bits per heavy atom. The van der Waals surface area contributed by atoms with Crippen molar-refractivity contribution in [2.45, 2.75) is 44.9 Å². The van der Waals surface area contributed by atoms with Gasteiger partial charge in [-0.2, -0.15) is 0 Å². The fourth-order valence-electron chi connectivity index (χ4n) is 3.16. The molecule has 0 aliphatic heterocycles. The highest BCUT2D eigenvalue weighted by Gasteiger charge is 2.17. The van der Waals surface area contributed by atoms with Gasteiger partial charge in [-0.1, -0.05) is 32.9 Å². The number of sulfonamides is 1. The van der Waals surface area contributed by atoms with Crippen molar-refractivity contribution < 1.29 is 17.9 Å². The first kappa shape index (κ1) is 25.8. The molecule has 0 aromatic heterocycles. The van der Waals surface area contributed by atoms with E-state index >= 15 is 0 Å². The molecule has 0 radical (unpaired) electrons. The van der Waals surface area contributed by atoms with E-state index in [0.717, 1.165) is 21.2 Å². The summed E-state index contributed by atoms with van der Waals surface area (Å²) in [6.07, 6.45) is 0. The molecule has 0 fully saturated rings. The van der Waals surface area contributed by atoms with Crippen LogP contribution in [0.15, 0.2) is 70.0 Å². The summed E-state index contributed by atoms with van der Waals surface area (Å²) in [6, 6.07) is 17.2. The van der Waals surface area contributed by atoms with Crippen LogP contribution in [0.25, 0.3) is 0 Å². The van der Waals surface area contributed by atoms with E-state index in [0.29, 0.717) is 17.1 Å². The monoisotopic (exact) mass is 544 g/mol. The molecule has 0 aliphatic rings. The summed E-state index contributed by atoms with van der Waals surface area (Å²) in [4.78, 5) is 12.4. The average molecular weight is 545 g/mol. The van der Waals surface area contributed by atoms with E-state index in [1.54, 1.807) is 24.3 Å². The first-order valence-electron chi connectivity index (χ1n) is 10.8. The smallest absolute Gasteiger partial charge is 0.262 e. The molecule has 1 amide bonds. The fraction of sp³-hybridized carbons (Fsp3) is 0.269. The topological polar surface area (TPSA) is 84.5 Å². The molecular weight excluding hydrogens is 516 g/mol. The number of rotatable bonds is 7. The average Bonchev–Trinajstić information content (AvgIpc) is 2.75. The quantitative estimate of drug-likeness (QED) is 0.371. The van der Waals surface area contributed by atoms with Gasteiger partial charge in [0.05, 0.1) is 9.37 Å². The molecule has 0 bridgehead atoms. The van der Waals surface area contributed by atoms with Gasteiger partial charge in [-0.15, -0.1) is 0 Å². The van der Waals surface area contributed by atoms with Crippen LogP contribution in [0, 0.1) is 13.8 Å². The lowest BCUT2D eigenvalue weighted by atomic mass is 9.87. The maximum absolute atomic E-state index is 12.7. The zero-order valence-electron chi connectivity index (χ0n) is 19.9. The first-order chi connectivity index (χ1) is 15.8. The third kappa shape index (κ3) is 6.61. The molecule has 6 nitrogen and oxygen atoms in total. The molecule has 180 valence electrons. The Morgan fingerprint density at radius 3 is 2.15 bits per heavy atom. The van der Waals surface area contributed by atoms with Crippen molar-refractivity contribution in [1.82, 2.24) is 0 Å². The number of ether oxygens (including phenoxy) is 1. The van der Waals surface area contributed by atoms with Gasteiger partial charge in [-0.05, 0) is 100 Å². The number of halogens is 1. The van der Waals surface area contributed by atoms with Gasteiger partial charge in [0, 0.05) is 11.4 Å². The number of anilines is 2. The lowest BCUT2D eigenvalue weighted by molar-refractivity contribution is -0.118. The van der Waals surface area contributed by atoms with Crippen LogP contribution in [0.3, 0.4) is 0 Å². The number of benzene rings is 3. The van der Waals surface area contributed by atoms with Crippen LogP contribution in [0.4, 0.5) is 11.4 Å². The predicted molar refractivity (Wildman–Crippen MR) is 140 cm³/mol. The summed E-state index contributed by atoms with van der Waals surface area (Å²) in [5.74, 6) is 0.220. The lowest BCUT2D eigenvalue weighted by Crippen LogP contribution is -2.20. The van der Waals surface area contributed by atoms with E-state index in [4.69, 9.17) is 4.74 Å². The molecule has 3 aromatic carbocycles. The molecule has 2 N–H and O–H groups in total. The summed E-state index contributed by atoms with van der Waals surface area (Å²) >= 11 is 3.49. The van der Waals surface area contributed by atoms with Gasteiger partial charge in [0.25, 0.3) is 15.9 Å². The number of amides is 1. The highest BCUT2D eigenvalue weighted by Crippen LogP contribution is 2.31. The van der Waals surface area contributed by atoms with Gasteiger partial charge in [0.1, 0.15) is 5.75 Å². The second-order valence-corrected chi connectivity index (χ2v) is 11.7. The van der Waals surface area contributed by atoms with Crippen molar-refractivity contribution in [3.8, 4) is 5.75 Å². The Balaban J connectivity index is 1.59. The van der Waals surface area contributed by atoms with Crippen LogP contribution >= 0.6 is 15.9 Å². The number of hydrogen-bond acceptors (Lipinski definition) is 4. The molecule has 0 saturated carbocycles. The van der Waals surface area contributed by atoms with E-state index in [9.17, 15) is 13.2 Å². The van der Waals surface area contributed by atoms with E-state index in [-0.39, 0.29) is 22.8 Å². The molecule has 0 saturated heterocycles. The van der Waals surface area contributed by atoms with Crippen molar-refractivity contribution in [3.63, 3.8) is 0 Å². The highest BCUT2D eigenvalue weighted by atomic mass is 79.9. The molecule has 3 rings (SSSR count). The van der Waals surface area contributed by atoms with Crippen molar-refractivity contribution >= 4 is 43.2 Å². The van der Waals surface area contributed by atoms with E-state index in [1.807, 2.05) is 38.1 Å². The molecule has 8 heteroatoms. The summed E-state index contributed by atoms with van der Waals surface area (Å²) < 4.78 is 34.4. The van der Waals surface area contributed by atoms with Crippen LogP contribution in [0.2, 0.25) is 0 Å². The molecule has 0 heterocycles. The molecule has 3 aromatic rings. The maximum atomic E-state index is 12.7. The molecule has 34 heavy (non-hydrogen) atoms. The van der Waals surface area contributed by atoms with Crippen LogP contribution in [0.1, 0.15) is 37.5 Å². The zero-order chi connectivity index (χ0) is 25.1. The van der Waals surface area contributed by atoms with Gasteiger partial charge in [0.2, 0.25) is 0 Å². The summed E-state index contributed by atoms with van der Waals surface area (Å²) in [5.41, 5.74) is 4.21. The Morgan fingerprint density at radius 2 is 1.56 bits per heavy atom. The van der Waals surface area contributed by atoms with Crippen LogP contribution < -0.4 is 14.8 Å². The number of carbonyl (C=O) groups excluding carboxylic acids is 1. The largest absolute Gasteiger partial charge is 0.483 e. The van der Waals surface area contributed by atoms with Crippen molar-refractivity contribution in [3.05, 3.63) is 81.8 Å². The van der Waals surface area contributed by atoms with E-state index in [2.05, 4.69) is 46.7 Å². The molecule has 0 spiro atoms. The minimum Gasteiger partial charge on any atom is -0.483 e. The Hall–Kier alpha value is -2.84. The second-order valence-electron chi connectivity index (χ2n) is 9.16. The zero-order valence-corrected chi connectivity index (χ0v) is 22.3. The number of nitrogens with one attached hydrogen (secondary N) is 2. The van der Waals surface area contributed by atoms with Gasteiger partial charge in [0.15, 0.2) is 6.61 Å². The standard InChI is InChI=1S/C26H29BrN2O4S/c1-17-6-8-21(14-18(17)2)29-34(31,32)22-11-9-20(10-12-22)28-25(30)16-33-24-13-7-19(15-23(24)27)26(3,4)5/h6-15,29H,16H2,1-5H3,(H,28,30). The fourth-order valence-corrected chi connectivity index (χ4v) is 4.70. The van der Waals surface area contributed by atoms with E-state index < -0.39 is 10.0 Å². The van der Waals surface area contributed by atoms with Gasteiger partial charge < -0.3 is 10.1 Å². The summed E-state index contributed by atoms with van der Waals surface area (Å²) in [5, 5.41) is 2.71. The Bertz CT molecular complexity index is 1300. The van der Waals surface area contributed by atoms with Crippen molar-refractivity contribution in [1.29, 1.82) is 0 Å². The minimum absolute atomic E-state index is 0.00661. The molecule has 0 atom stereocenters. The normalized spacial score (nSPS) is 11.7. The summed E-state index contributed by atoms with van der Waals surface area (Å²) in [6.45, 7) is 10.1. The van der Waals surface area contributed by atoms with Crippen LogP contribution in [-0.2, 0) is 20.2 Å². The van der Waals surface area contributed by atoms with Crippen molar-refractivity contribution in [2.24, 2.45) is 0 Å². The highest BCUT2D eigenvalue weighted by molar-refractivity contribution is 9.10. The van der Waals surface area contributed by atoms with Crippen LogP contribution in [-0.4, -0.2) is 20.9 Å². The SMILES string of the molecule is Cc1ccc(NS(=O)(=O)c2ccc(NC(=O)COc3ccc(C(C)(C)C)cc3Br)cc2)cc1C. The summed E-state index contributed by atoms with van der Waals surface area (Å²) in [7, 11) is -3.75. The second kappa shape index (κ2) is 10.2. The van der Waals surface area contributed by atoms with Gasteiger partial charge >= 0.3 is 0 Å². The Kier molecular flexibility index (Phi) is 7.73. The first-order valence-corrected chi connectivity index (χ1v) is 13.1. The van der Waals surface area contributed by atoms with Crippen molar-refractivity contribution in [2.75, 3.05) is 16.6 Å².